The van der Waals surface area contributed by atoms with Gasteiger partial charge in [0.2, 0.25) is 23.0 Å². The standard InChI is InChI=1S/C34H36N2O7/c1-18(2)35-29(39)17-25-24-15-23-22(16-27(38)32(24)43-31(25)20-10-8-7-9-11-20)26(36-19(3)37)13-12-21-14-28(40-4)33(41-5)34(42-6)30(21)23/h7-11,14-16,18,26H,12-13,17H2,1-6H3,(H,35,39)(H,36,37). The first kappa shape index (κ1) is 29.7. The van der Waals surface area contributed by atoms with Crippen molar-refractivity contribution in [2.75, 3.05) is 21.3 Å². The van der Waals surface area contributed by atoms with Gasteiger partial charge >= 0.3 is 0 Å². The van der Waals surface area contributed by atoms with E-state index in [2.05, 4.69) is 10.6 Å². The van der Waals surface area contributed by atoms with Crippen LogP contribution in [0.5, 0.6) is 17.2 Å². The highest BCUT2D eigenvalue weighted by Gasteiger charge is 2.31. The van der Waals surface area contributed by atoms with E-state index in [1.54, 1.807) is 14.2 Å². The van der Waals surface area contributed by atoms with Crippen LogP contribution in [0.4, 0.5) is 0 Å². The molecule has 224 valence electrons. The second-order valence-electron chi connectivity index (χ2n) is 10.9. The number of ether oxygens (including phenoxy) is 3. The fourth-order valence-electron chi connectivity index (χ4n) is 5.91. The summed E-state index contributed by atoms with van der Waals surface area (Å²) in [4.78, 5) is 39.4. The van der Waals surface area contributed by atoms with Crippen LogP contribution < -0.4 is 30.3 Å². The van der Waals surface area contributed by atoms with Gasteiger partial charge in [0, 0.05) is 35.0 Å². The molecular formula is C34H36N2O7. The molecule has 1 aromatic heterocycles. The van der Waals surface area contributed by atoms with Gasteiger partial charge in [-0.2, -0.15) is 0 Å². The number of carbonyl (C=O) groups excluding carboxylic acids is 2. The van der Waals surface area contributed by atoms with Gasteiger partial charge < -0.3 is 29.3 Å². The number of carbonyl (C=O) groups is 2. The van der Waals surface area contributed by atoms with Crippen molar-refractivity contribution in [2.45, 2.75) is 52.1 Å². The van der Waals surface area contributed by atoms with Crippen molar-refractivity contribution in [1.82, 2.24) is 10.6 Å². The number of rotatable bonds is 8. The van der Waals surface area contributed by atoms with Gasteiger partial charge in [-0.3, -0.25) is 14.4 Å². The highest BCUT2D eigenvalue weighted by Crippen LogP contribution is 2.51. The van der Waals surface area contributed by atoms with Gasteiger partial charge in [-0.1, -0.05) is 30.3 Å². The normalized spacial score (nSPS) is 14.0. The summed E-state index contributed by atoms with van der Waals surface area (Å²) in [6, 6.07) is 14.2. The summed E-state index contributed by atoms with van der Waals surface area (Å²) < 4.78 is 23.6. The molecule has 0 spiro atoms. The highest BCUT2D eigenvalue weighted by atomic mass is 16.5. The van der Waals surface area contributed by atoms with Gasteiger partial charge in [-0.15, -0.1) is 0 Å². The van der Waals surface area contributed by atoms with E-state index < -0.39 is 6.04 Å². The summed E-state index contributed by atoms with van der Waals surface area (Å²) >= 11 is 0. The Morgan fingerprint density at radius 1 is 1.00 bits per heavy atom. The molecule has 0 aliphatic heterocycles. The zero-order valence-electron chi connectivity index (χ0n) is 25.3. The molecule has 0 saturated heterocycles. The van der Waals surface area contributed by atoms with E-state index in [1.807, 2.05) is 56.3 Å². The average molecular weight is 585 g/mol. The lowest BCUT2D eigenvalue weighted by Crippen LogP contribution is -2.31. The first-order valence-corrected chi connectivity index (χ1v) is 14.2. The Morgan fingerprint density at radius 2 is 1.72 bits per heavy atom. The minimum absolute atomic E-state index is 0.00131. The predicted octanol–water partition coefficient (Wildman–Crippen LogP) is 5.34. The van der Waals surface area contributed by atoms with E-state index >= 15 is 0 Å². The maximum atomic E-state index is 14.0. The van der Waals surface area contributed by atoms with Crippen molar-refractivity contribution in [3.8, 4) is 39.7 Å². The summed E-state index contributed by atoms with van der Waals surface area (Å²) in [6.07, 6.45) is 1.09. The number of benzene rings is 2. The predicted molar refractivity (Wildman–Crippen MR) is 165 cm³/mol. The molecule has 9 nitrogen and oxygen atoms in total. The van der Waals surface area contributed by atoms with E-state index in [-0.39, 0.29) is 35.3 Å². The molecule has 3 aromatic carbocycles. The van der Waals surface area contributed by atoms with Crippen LogP contribution in [0.1, 0.15) is 49.9 Å². The van der Waals surface area contributed by atoms with E-state index in [1.165, 1.54) is 20.1 Å². The Hall–Kier alpha value is -4.79. The summed E-state index contributed by atoms with van der Waals surface area (Å²) in [5.74, 6) is 1.40. The number of hydrogen-bond donors (Lipinski definition) is 2. The number of fused-ring (bicyclic) bond motifs is 4. The third-order valence-electron chi connectivity index (χ3n) is 7.62. The number of aryl methyl sites for hydroxylation is 1. The fraction of sp³-hybridized carbons (Fsp3) is 0.324. The first-order chi connectivity index (χ1) is 20.7. The van der Waals surface area contributed by atoms with Gasteiger partial charge in [0.1, 0.15) is 5.76 Å². The average Bonchev–Trinajstić information content (AvgIpc) is 3.17. The van der Waals surface area contributed by atoms with Gasteiger partial charge in [-0.25, -0.2) is 0 Å². The van der Waals surface area contributed by atoms with Gasteiger partial charge in [0.15, 0.2) is 17.1 Å². The fourth-order valence-corrected chi connectivity index (χ4v) is 5.91. The molecule has 1 atom stereocenters. The number of furan rings is 1. The lowest BCUT2D eigenvalue weighted by atomic mass is 9.94. The third-order valence-corrected chi connectivity index (χ3v) is 7.62. The van der Waals surface area contributed by atoms with E-state index in [4.69, 9.17) is 18.6 Å². The van der Waals surface area contributed by atoms with Crippen molar-refractivity contribution >= 4 is 22.8 Å². The Morgan fingerprint density at radius 3 is 2.35 bits per heavy atom. The van der Waals surface area contributed by atoms with Crippen LogP contribution in [0.15, 0.2) is 57.7 Å². The van der Waals surface area contributed by atoms with Crippen molar-refractivity contribution < 1.29 is 28.2 Å². The SMILES string of the molecule is COc1cc2c(c(OC)c1OC)-c1cc3c(CC(=O)NC(C)C)c(-c4ccccc4)oc3c(=O)cc1C(NC(C)=O)CC2. The molecule has 43 heavy (non-hydrogen) atoms. The molecule has 0 bridgehead atoms. The van der Waals surface area contributed by atoms with Crippen LogP contribution in [0.25, 0.3) is 33.4 Å². The lowest BCUT2D eigenvalue weighted by Gasteiger charge is -2.20. The zero-order chi connectivity index (χ0) is 30.8. The smallest absolute Gasteiger partial charge is 0.224 e. The number of hydrogen-bond acceptors (Lipinski definition) is 7. The minimum atomic E-state index is -0.466. The van der Waals surface area contributed by atoms with E-state index in [0.29, 0.717) is 57.9 Å². The maximum Gasteiger partial charge on any atom is 0.224 e. The van der Waals surface area contributed by atoms with Crippen molar-refractivity contribution in [2.24, 2.45) is 0 Å². The van der Waals surface area contributed by atoms with Crippen molar-refractivity contribution in [1.29, 1.82) is 0 Å². The summed E-state index contributed by atoms with van der Waals surface area (Å²) in [5, 5.41) is 6.49. The van der Waals surface area contributed by atoms with Crippen molar-refractivity contribution in [3.63, 3.8) is 0 Å². The molecule has 4 aromatic rings. The molecule has 1 aliphatic rings. The van der Waals surface area contributed by atoms with Gasteiger partial charge in [-0.05, 0) is 61.6 Å². The van der Waals surface area contributed by atoms with Crippen LogP contribution in [-0.2, 0) is 22.4 Å². The molecule has 1 unspecified atom stereocenters. The molecule has 1 aliphatic carbocycles. The van der Waals surface area contributed by atoms with E-state index in [9.17, 15) is 14.4 Å². The van der Waals surface area contributed by atoms with Crippen LogP contribution >= 0.6 is 0 Å². The maximum absolute atomic E-state index is 14.0. The Kier molecular flexibility index (Phi) is 8.43. The second kappa shape index (κ2) is 12.2. The molecule has 0 saturated carbocycles. The Bertz CT molecular complexity index is 1760. The lowest BCUT2D eigenvalue weighted by molar-refractivity contribution is -0.121. The van der Waals surface area contributed by atoms with Crippen LogP contribution in [0, 0.1) is 0 Å². The number of methoxy groups -OCH3 is 3. The van der Waals surface area contributed by atoms with Crippen LogP contribution in [-0.4, -0.2) is 39.2 Å². The largest absolute Gasteiger partial charge is 0.493 e. The topological polar surface area (TPSA) is 116 Å². The Labute approximate surface area is 250 Å². The van der Waals surface area contributed by atoms with Gasteiger partial charge in [0.05, 0.1) is 33.8 Å². The first-order valence-electron chi connectivity index (χ1n) is 14.2. The number of amides is 2. The van der Waals surface area contributed by atoms with Crippen LogP contribution in [0.2, 0.25) is 0 Å². The molecule has 9 heteroatoms. The summed E-state index contributed by atoms with van der Waals surface area (Å²) in [6.45, 7) is 5.24. The van der Waals surface area contributed by atoms with E-state index in [0.717, 1.165) is 16.7 Å². The minimum Gasteiger partial charge on any atom is -0.493 e. The molecule has 2 amide bonds. The second-order valence-corrected chi connectivity index (χ2v) is 10.9. The monoisotopic (exact) mass is 584 g/mol. The summed E-state index contributed by atoms with van der Waals surface area (Å²) in [7, 11) is 4.65. The quantitative estimate of drug-likeness (QED) is 0.287. The Balaban J connectivity index is 1.92. The molecular weight excluding hydrogens is 548 g/mol. The molecule has 0 fully saturated rings. The molecule has 5 rings (SSSR count). The zero-order valence-corrected chi connectivity index (χ0v) is 25.3. The third kappa shape index (κ3) is 5.67. The van der Waals surface area contributed by atoms with Crippen LogP contribution in [0.3, 0.4) is 0 Å². The number of nitrogens with one attached hydrogen (secondary N) is 2. The van der Waals surface area contributed by atoms with Crippen molar-refractivity contribution in [3.05, 3.63) is 75.4 Å². The molecule has 0 radical (unpaired) electrons. The molecule has 1 heterocycles. The highest BCUT2D eigenvalue weighted by molar-refractivity contribution is 5.96. The molecule has 2 N–H and O–H groups in total. The van der Waals surface area contributed by atoms with Gasteiger partial charge in [0.25, 0.3) is 0 Å². The summed E-state index contributed by atoms with van der Waals surface area (Å²) in [5.41, 5.74) is 4.03.